The molecule has 1 N–H and O–H groups in total. The second-order valence-corrected chi connectivity index (χ2v) is 7.49. The minimum absolute atomic E-state index is 0.181. The van der Waals surface area contributed by atoms with Crippen LogP contribution in [-0.4, -0.2) is 22.8 Å². The maximum absolute atomic E-state index is 12.3. The number of benzene rings is 1. The van der Waals surface area contributed by atoms with Crippen LogP contribution in [0.1, 0.15) is 48.6 Å². The second kappa shape index (κ2) is 7.94. The van der Waals surface area contributed by atoms with Gasteiger partial charge >= 0.3 is 0 Å². The summed E-state index contributed by atoms with van der Waals surface area (Å²) >= 11 is 0. The van der Waals surface area contributed by atoms with Crippen LogP contribution in [0.4, 0.5) is 0 Å². The Morgan fingerprint density at radius 3 is 2.15 bits per heavy atom. The average molecular weight is 295 g/mol. The highest BCUT2D eigenvalue weighted by Gasteiger charge is 2.18. The van der Waals surface area contributed by atoms with Crippen molar-refractivity contribution in [2.45, 2.75) is 47.1 Å². The Labute approximate surface area is 126 Å². The van der Waals surface area contributed by atoms with Gasteiger partial charge in [0.25, 0.3) is 0 Å². The first-order valence-electron chi connectivity index (χ1n) is 7.49. The molecule has 0 heterocycles. The fourth-order valence-electron chi connectivity index (χ4n) is 2.74. The minimum atomic E-state index is -0.765. The lowest BCUT2D eigenvalue weighted by atomic mass is 9.95. The van der Waals surface area contributed by atoms with Gasteiger partial charge in [-0.2, -0.15) is 0 Å². The maximum Gasteiger partial charge on any atom is 0.0439 e. The van der Waals surface area contributed by atoms with Crippen molar-refractivity contribution < 1.29 is 4.21 Å². The van der Waals surface area contributed by atoms with Crippen LogP contribution in [0.2, 0.25) is 0 Å². The van der Waals surface area contributed by atoms with E-state index >= 15 is 0 Å². The molecule has 20 heavy (non-hydrogen) atoms. The topological polar surface area (TPSA) is 29.1 Å². The average Bonchev–Trinajstić information content (AvgIpc) is 2.35. The first-order valence-corrected chi connectivity index (χ1v) is 8.97. The Morgan fingerprint density at radius 2 is 1.70 bits per heavy atom. The van der Waals surface area contributed by atoms with Crippen LogP contribution < -0.4 is 5.32 Å². The summed E-state index contributed by atoms with van der Waals surface area (Å²) in [5.41, 5.74) is 5.19. The molecule has 3 heteroatoms. The molecule has 0 saturated carbocycles. The van der Waals surface area contributed by atoms with Crippen molar-refractivity contribution in [2.75, 3.05) is 18.6 Å². The number of aryl methyl sites for hydroxylation is 3. The van der Waals surface area contributed by atoms with Crippen molar-refractivity contribution in [1.82, 2.24) is 5.32 Å². The Kier molecular flexibility index (Phi) is 6.90. The molecule has 114 valence electrons. The lowest BCUT2D eigenvalue weighted by Crippen LogP contribution is -2.26. The lowest BCUT2D eigenvalue weighted by Gasteiger charge is -2.22. The van der Waals surface area contributed by atoms with Crippen LogP contribution >= 0.6 is 0 Å². The largest absolute Gasteiger partial charge is 0.312 e. The summed E-state index contributed by atoms with van der Waals surface area (Å²) in [6, 6.07) is 4.61. The van der Waals surface area contributed by atoms with Gasteiger partial charge < -0.3 is 5.32 Å². The van der Waals surface area contributed by atoms with Gasteiger partial charge in [-0.05, 0) is 50.4 Å². The van der Waals surface area contributed by atoms with Gasteiger partial charge in [0.15, 0.2) is 0 Å². The highest BCUT2D eigenvalue weighted by molar-refractivity contribution is 7.85. The summed E-state index contributed by atoms with van der Waals surface area (Å²) in [6.45, 7) is 10.8. The van der Waals surface area contributed by atoms with E-state index in [1.807, 2.05) is 7.05 Å². The molecule has 0 saturated heterocycles. The number of hydrogen-bond donors (Lipinski definition) is 1. The summed E-state index contributed by atoms with van der Waals surface area (Å²) in [6.07, 6.45) is 1.10. The third-order valence-corrected chi connectivity index (χ3v) is 5.60. The highest BCUT2D eigenvalue weighted by atomic mass is 32.2. The normalized spacial score (nSPS) is 15.9. The molecule has 1 aromatic carbocycles. The SMILES string of the molecule is CCC(C)CS(=O)CC(NC)c1c(C)cc(C)cc1C. The predicted octanol–water partition coefficient (Wildman–Crippen LogP) is 3.67. The van der Waals surface area contributed by atoms with Gasteiger partial charge in [-0.25, -0.2) is 0 Å². The van der Waals surface area contributed by atoms with Gasteiger partial charge in [0, 0.05) is 28.3 Å². The Morgan fingerprint density at radius 1 is 1.15 bits per heavy atom. The molecule has 3 atom stereocenters. The number of hydrogen-bond acceptors (Lipinski definition) is 2. The molecule has 0 aliphatic heterocycles. The van der Waals surface area contributed by atoms with Crippen molar-refractivity contribution in [3.8, 4) is 0 Å². The van der Waals surface area contributed by atoms with E-state index in [9.17, 15) is 4.21 Å². The van der Waals surface area contributed by atoms with Crippen molar-refractivity contribution >= 4 is 10.8 Å². The van der Waals surface area contributed by atoms with Gasteiger partial charge in [0.05, 0.1) is 0 Å². The summed E-state index contributed by atoms with van der Waals surface area (Å²) in [7, 11) is 1.20. The first-order chi connectivity index (χ1) is 9.38. The second-order valence-electron chi connectivity index (χ2n) is 5.94. The molecule has 0 aliphatic carbocycles. The summed E-state index contributed by atoms with van der Waals surface area (Å²) in [5, 5.41) is 3.35. The quantitative estimate of drug-likeness (QED) is 0.831. The van der Waals surface area contributed by atoms with Gasteiger partial charge in [-0.3, -0.25) is 4.21 Å². The molecule has 2 nitrogen and oxygen atoms in total. The van der Waals surface area contributed by atoms with Gasteiger partial charge in [-0.15, -0.1) is 0 Å². The lowest BCUT2D eigenvalue weighted by molar-refractivity contribution is 0.600. The Hall–Kier alpha value is -0.670. The summed E-state index contributed by atoms with van der Waals surface area (Å²) < 4.78 is 12.3. The van der Waals surface area contributed by atoms with E-state index in [1.165, 1.54) is 22.3 Å². The van der Waals surface area contributed by atoms with Crippen molar-refractivity contribution in [3.63, 3.8) is 0 Å². The molecule has 0 aromatic heterocycles. The van der Waals surface area contributed by atoms with Gasteiger partial charge in [-0.1, -0.05) is 38.0 Å². The smallest absolute Gasteiger partial charge is 0.0439 e. The highest BCUT2D eigenvalue weighted by Crippen LogP contribution is 2.24. The zero-order valence-electron chi connectivity index (χ0n) is 13.7. The van der Waals surface area contributed by atoms with Crippen LogP contribution in [0.5, 0.6) is 0 Å². The van der Waals surface area contributed by atoms with Crippen LogP contribution in [-0.2, 0) is 10.8 Å². The van der Waals surface area contributed by atoms with E-state index in [-0.39, 0.29) is 6.04 Å². The first kappa shape index (κ1) is 17.4. The zero-order chi connectivity index (χ0) is 15.3. The molecule has 0 aliphatic rings. The van der Waals surface area contributed by atoms with Gasteiger partial charge in [0.2, 0.25) is 0 Å². The fourth-order valence-corrected chi connectivity index (χ4v) is 4.45. The molecule has 1 aromatic rings. The Balaban J connectivity index is 2.89. The fraction of sp³-hybridized carbons (Fsp3) is 0.647. The number of rotatable bonds is 7. The van der Waals surface area contributed by atoms with E-state index < -0.39 is 10.8 Å². The van der Waals surface area contributed by atoms with E-state index in [0.717, 1.165) is 12.2 Å². The monoisotopic (exact) mass is 295 g/mol. The molecule has 0 radical (unpaired) electrons. The van der Waals surface area contributed by atoms with Gasteiger partial charge in [0.1, 0.15) is 0 Å². The van der Waals surface area contributed by atoms with E-state index in [4.69, 9.17) is 0 Å². The molecule has 0 amide bonds. The predicted molar refractivity (Wildman–Crippen MR) is 89.8 cm³/mol. The van der Waals surface area contributed by atoms with Crippen molar-refractivity contribution in [1.29, 1.82) is 0 Å². The van der Waals surface area contributed by atoms with Crippen LogP contribution in [0.3, 0.4) is 0 Å². The van der Waals surface area contributed by atoms with E-state index in [0.29, 0.717) is 11.7 Å². The molecule has 1 rings (SSSR count). The third kappa shape index (κ3) is 4.71. The number of nitrogens with one attached hydrogen (secondary N) is 1. The summed E-state index contributed by atoms with van der Waals surface area (Å²) in [4.78, 5) is 0. The molecular weight excluding hydrogens is 266 g/mol. The van der Waals surface area contributed by atoms with Crippen LogP contribution in [0, 0.1) is 26.7 Å². The molecular formula is C17H29NOS. The Bertz CT molecular complexity index is 447. The zero-order valence-corrected chi connectivity index (χ0v) is 14.6. The molecule has 0 fully saturated rings. The molecule has 0 spiro atoms. The maximum atomic E-state index is 12.3. The van der Waals surface area contributed by atoms with E-state index in [1.54, 1.807) is 0 Å². The van der Waals surface area contributed by atoms with Crippen molar-refractivity contribution in [2.24, 2.45) is 5.92 Å². The molecule has 3 unspecified atom stereocenters. The summed E-state index contributed by atoms with van der Waals surface area (Å²) in [5.74, 6) is 2.04. The standard InChI is InChI=1S/C17H29NOS/c1-7-12(2)10-20(19)11-16(18-6)17-14(4)8-13(3)9-15(17)5/h8-9,12,16,18H,7,10-11H2,1-6H3. The molecule has 0 bridgehead atoms. The van der Waals surface area contributed by atoms with Crippen LogP contribution in [0.15, 0.2) is 12.1 Å². The minimum Gasteiger partial charge on any atom is -0.312 e. The van der Waals surface area contributed by atoms with Crippen LogP contribution in [0.25, 0.3) is 0 Å². The van der Waals surface area contributed by atoms with E-state index in [2.05, 4.69) is 52.1 Å². The third-order valence-electron chi connectivity index (χ3n) is 3.95. The van der Waals surface area contributed by atoms with Crippen molar-refractivity contribution in [3.05, 3.63) is 34.4 Å².